The highest BCUT2D eigenvalue weighted by molar-refractivity contribution is 7.98. The Morgan fingerprint density at radius 1 is 0.639 bits per heavy atom. The molecule has 0 spiro atoms. The summed E-state index contributed by atoms with van der Waals surface area (Å²) in [6, 6.07) is 33.1. The molecule has 0 atom stereocenters. The predicted molar refractivity (Wildman–Crippen MR) is 147 cm³/mol. The molecule has 0 fully saturated rings. The fourth-order valence-electron chi connectivity index (χ4n) is 4.44. The monoisotopic (exact) mass is 484 g/mol. The molecule has 0 saturated carbocycles. The van der Waals surface area contributed by atoms with Crippen molar-refractivity contribution in [1.82, 2.24) is 0 Å². The molecule has 4 heteroatoms. The lowest BCUT2D eigenvalue weighted by molar-refractivity contribution is 0.532. The lowest BCUT2D eigenvalue weighted by Gasteiger charge is -2.08. The highest BCUT2D eigenvalue weighted by Crippen LogP contribution is 2.42. The van der Waals surface area contributed by atoms with Gasteiger partial charge < -0.3 is 8.83 Å². The molecule has 0 unspecified atom stereocenters. The van der Waals surface area contributed by atoms with E-state index in [1.165, 1.54) is 0 Å². The number of furan rings is 1. The summed E-state index contributed by atoms with van der Waals surface area (Å²) in [6.07, 6.45) is 2.03. The Morgan fingerprint density at radius 2 is 1.31 bits per heavy atom. The molecule has 36 heavy (non-hydrogen) atoms. The van der Waals surface area contributed by atoms with Crippen LogP contribution >= 0.6 is 11.8 Å². The molecule has 0 aliphatic carbocycles. The number of para-hydroxylation sites is 1. The topological polar surface area (TPSA) is 43.4 Å². The summed E-state index contributed by atoms with van der Waals surface area (Å²) in [5, 5.41) is 2.11. The molecule has 172 valence electrons. The molecule has 2 aromatic heterocycles. The van der Waals surface area contributed by atoms with Gasteiger partial charge in [0.15, 0.2) is 5.76 Å². The zero-order valence-electron chi connectivity index (χ0n) is 19.4. The molecule has 0 radical (unpaired) electrons. The minimum atomic E-state index is -0.403. The Balaban J connectivity index is 1.72. The van der Waals surface area contributed by atoms with Crippen LogP contribution in [-0.4, -0.2) is 6.26 Å². The van der Waals surface area contributed by atoms with E-state index in [0.29, 0.717) is 28.1 Å². The van der Waals surface area contributed by atoms with Gasteiger partial charge in [-0.25, -0.2) is 4.79 Å². The van der Waals surface area contributed by atoms with Crippen LogP contribution in [0.25, 0.3) is 44.4 Å². The van der Waals surface area contributed by atoms with Crippen molar-refractivity contribution >= 4 is 33.5 Å². The average molecular weight is 485 g/mol. The normalized spacial score (nSPS) is 10.9. The van der Waals surface area contributed by atoms with Crippen LogP contribution in [0.1, 0.15) is 11.1 Å². The van der Waals surface area contributed by atoms with Gasteiger partial charge in [0.05, 0.1) is 16.5 Å². The van der Waals surface area contributed by atoms with Gasteiger partial charge in [-0.2, -0.15) is 0 Å². The van der Waals surface area contributed by atoms with E-state index in [2.05, 4.69) is 17.9 Å². The Bertz CT molecular complexity index is 1850. The van der Waals surface area contributed by atoms with Crippen LogP contribution in [0.5, 0.6) is 0 Å². The molecule has 0 saturated heterocycles. The molecule has 0 N–H and O–H groups in total. The van der Waals surface area contributed by atoms with E-state index in [1.807, 2.05) is 97.3 Å². The third-order valence-corrected chi connectivity index (χ3v) is 6.92. The number of thioether (sulfide) groups is 1. The van der Waals surface area contributed by atoms with E-state index in [-0.39, 0.29) is 0 Å². The van der Waals surface area contributed by atoms with Crippen molar-refractivity contribution in [3.8, 4) is 34.5 Å². The third-order valence-electron chi connectivity index (χ3n) is 6.13. The molecule has 0 bridgehead atoms. The number of fused-ring (bicyclic) bond motifs is 2. The van der Waals surface area contributed by atoms with E-state index in [9.17, 15) is 4.79 Å². The molecule has 6 aromatic rings. The fourth-order valence-corrected chi connectivity index (χ4v) is 5.00. The van der Waals surface area contributed by atoms with Crippen molar-refractivity contribution < 1.29 is 8.83 Å². The second-order valence-corrected chi connectivity index (χ2v) is 9.11. The van der Waals surface area contributed by atoms with Gasteiger partial charge in [-0.1, -0.05) is 90.7 Å². The Hall–Kier alpha value is -4.46. The highest BCUT2D eigenvalue weighted by Gasteiger charge is 2.24. The molecule has 2 heterocycles. The van der Waals surface area contributed by atoms with Gasteiger partial charge in [-0.3, -0.25) is 0 Å². The van der Waals surface area contributed by atoms with E-state index >= 15 is 0 Å². The Kier molecular flexibility index (Phi) is 5.69. The van der Waals surface area contributed by atoms with E-state index in [4.69, 9.17) is 8.83 Å². The predicted octanol–water partition coefficient (Wildman–Crippen LogP) is 7.99. The number of rotatable bonds is 3. The van der Waals surface area contributed by atoms with Crippen LogP contribution in [0, 0.1) is 11.8 Å². The summed E-state index contributed by atoms with van der Waals surface area (Å²) in [6.45, 7) is 0. The van der Waals surface area contributed by atoms with Gasteiger partial charge >= 0.3 is 5.63 Å². The first-order chi connectivity index (χ1) is 17.7. The number of hydrogen-bond donors (Lipinski definition) is 0. The van der Waals surface area contributed by atoms with Crippen molar-refractivity contribution in [2.45, 2.75) is 4.90 Å². The molecule has 0 aliphatic heterocycles. The van der Waals surface area contributed by atoms with Crippen molar-refractivity contribution in [2.75, 3.05) is 6.26 Å². The third kappa shape index (κ3) is 3.80. The summed E-state index contributed by atoms with van der Waals surface area (Å²) in [4.78, 5) is 14.2. The van der Waals surface area contributed by atoms with Crippen LogP contribution in [-0.2, 0) is 0 Å². The first-order valence-corrected chi connectivity index (χ1v) is 12.8. The SMILES string of the molecule is CSc1ccccc1C#Cc1c(-c2c(-c3ccccc3)oc3ccccc23)oc(=O)c2ccccc12. The minimum absolute atomic E-state index is 0.403. The van der Waals surface area contributed by atoms with Crippen molar-refractivity contribution in [2.24, 2.45) is 0 Å². The fraction of sp³-hybridized carbons (Fsp3) is 0.0312. The van der Waals surface area contributed by atoms with Gasteiger partial charge in [-0.05, 0) is 30.5 Å². The van der Waals surface area contributed by atoms with Gasteiger partial charge in [0.25, 0.3) is 0 Å². The maximum atomic E-state index is 13.2. The quantitative estimate of drug-likeness (QED) is 0.189. The zero-order valence-corrected chi connectivity index (χ0v) is 20.3. The Morgan fingerprint density at radius 3 is 2.11 bits per heavy atom. The van der Waals surface area contributed by atoms with Gasteiger partial charge in [0.1, 0.15) is 11.3 Å². The van der Waals surface area contributed by atoms with Crippen LogP contribution in [0.2, 0.25) is 0 Å². The van der Waals surface area contributed by atoms with Crippen LogP contribution < -0.4 is 5.63 Å². The molecule has 0 amide bonds. The minimum Gasteiger partial charge on any atom is -0.455 e. The summed E-state index contributed by atoms with van der Waals surface area (Å²) >= 11 is 1.65. The first-order valence-electron chi connectivity index (χ1n) is 11.5. The van der Waals surface area contributed by atoms with E-state index in [1.54, 1.807) is 17.8 Å². The molecule has 3 nitrogen and oxygen atoms in total. The van der Waals surface area contributed by atoms with Gasteiger partial charge in [0.2, 0.25) is 0 Å². The van der Waals surface area contributed by atoms with Crippen LogP contribution in [0.3, 0.4) is 0 Å². The van der Waals surface area contributed by atoms with Crippen molar-refractivity contribution in [3.63, 3.8) is 0 Å². The molecule has 6 rings (SSSR count). The summed E-state index contributed by atoms with van der Waals surface area (Å²) in [5.41, 5.74) is 3.51. The number of hydrogen-bond acceptors (Lipinski definition) is 4. The smallest absolute Gasteiger partial charge is 0.344 e. The lowest BCUT2D eigenvalue weighted by Crippen LogP contribution is -2.03. The summed E-state index contributed by atoms with van der Waals surface area (Å²) in [7, 11) is 0. The second-order valence-electron chi connectivity index (χ2n) is 8.26. The molecule has 0 aliphatic rings. The number of benzene rings is 4. The maximum absolute atomic E-state index is 13.2. The molecule has 4 aromatic carbocycles. The standard InChI is InChI=1S/C32H20O3S/c1-36-28-18-10-5-11-21(28)19-20-24-23-14-6-7-15-25(23)32(33)35-31(24)29-26-16-8-9-17-27(26)34-30(29)22-12-3-2-4-13-22/h2-18H,1H3. The van der Waals surface area contributed by atoms with Crippen LogP contribution in [0.15, 0.2) is 122 Å². The van der Waals surface area contributed by atoms with E-state index in [0.717, 1.165) is 32.4 Å². The lowest BCUT2D eigenvalue weighted by atomic mass is 9.97. The maximum Gasteiger partial charge on any atom is 0.344 e. The van der Waals surface area contributed by atoms with Gasteiger partial charge in [0, 0.05) is 26.8 Å². The van der Waals surface area contributed by atoms with Crippen molar-refractivity contribution in [1.29, 1.82) is 0 Å². The molecular formula is C32H20O3S. The largest absolute Gasteiger partial charge is 0.455 e. The zero-order chi connectivity index (χ0) is 24.5. The summed E-state index contributed by atoms with van der Waals surface area (Å²) in [5.74, 6) is 7.76. The highest BCUT2D eigenvalue weighted by atomic mass is 32.2. The van der Waals surface area contributed by atoms with E-state index < -0.39 is 5.63 Å². The summed E-state index contributed by atoms with van der Waals surface area (Å²) < 4.78 is 12.4. The second kappa shape index (κ2) is 9.30. The Labute approximate surface area is 212 Å². The average Bonchev–Trinajstić information content (AvgIpc) is 3.33. The first kappa shape index (κ1) is 22.0. The van der Waals surface area contributed by atoms with Crippen molar-refractivity contribution in [3.05, 3.63) is 125 Å². The molecular weight excluding hydrogens is 464 g/mol. The van der Waals surface area contributed by atoms with Gasteiger partial charge in [-0.15, -0.1) is 11.8 Å². The van der Waals surface area contributed by atoms with Crippen LogP contribution in [0.4, 0.5) is 0 Å².